The number of hydrogen-bond acceptors (Lipinski definition) is 3. The highest BCUT2D eigenvalue weighted by Crippen LogP contribution is 2.47. The van der Waals surface area contributed by atoms with Crippen LogP contribution in [0.5, 0.6) is 0 Å². The maximum absolute atomic E-state index is 14.3. The van der Waals surface area contributed by atoms with E-state index in [1.807, 2.05) is 6.07 Å². The van der Waals surface area contributed by atoms with E-state index in [1.54, 1.807) is 30.3 Å². The van der Waals surface area contributed by atoms with Crippen LogP contribution in [0.4, 0.5) is 8.78 Å². The van der Waals surface area contributed by atoms with Gasteiger partial charge in [-0.1, -0.05) is 18.2 Å². The van der Waals surface area contributed by atoms with E-state index in [9.17, 15) is 18.4 Å². The summed E-state index contributed by atoms with van der Waals surface area (Å²) in [5, 5.41) is 2.98. The smallest absolute Gasteiger partial charge is 0.337 e. The average molecular weight is 391 g/mol. The quantitative estimate of drug-likeness (QED) is 0.670. The summed E-state index contributed by atoms with van der Waals surface area (Å²) in [5.74, 6) is -2.43. The molecule has 0 aromatic heterocycles. The molecule has 3 aromatic rings. The van der Waals surface area contributed by atoms with Crippen LogP contribution in [-0.4, -0.2) is 19.0 Å². The Bertz CT molecular complexity index is 1200. The van der Waals surface area contributed by atoms with Crippen LogP contribution in [0.1, 0.15) is 44.6 Å². The number of benzene rings is 3. The van der Waals surface area contributed by atoms with Crippen LogP contribution in [0.2, 0.25) is 0 Å². The predicted octanol–water partition coefficient (Wildman–Crippen LogP) is 4.08. The highest BCUT2D eigenvalue weighted by atomic mass is 19.1. The first-order valence-corrected chi connectivity index (χ1v) is 9.09. The van der Waals surface area contributed by atoms with Gasteiger partial charge in [0.1, 0.15) is 11.6 Å². The molecule has 29 heavy (non-hydrogen) atoms. The summed E-state index contributed by atoms with van der Waals surface area (Å²) in [5.41, 5.74) is 4.63. The van der Waals surface area contributed by atoms with Crippen LogP contribution in [0.3, 0.4) is 0 Å². The number of nitrogens with one attached hydrogen (secondary N) is 1. The molecule has 0 saturated carbocycles. The van der Waals surface area contributed by atoms with Crippen molar-refractivity contribution in [3.63, 3.8) is 0 Å². The van der Waals surface area contributed by atoms with E-state index in [2.05, 4.69) is 5.32 Å². The summed E-state index contributed by atoms with van der Waals surface area (Å²) < 4.78 is 32.3. The molecule has 1 aliphatic carbocycles. The number of amides is 1. The molecule has 6 rings (SSSR count). The Balaban J connectivity index is 1.65. The summed E-state index contributed by atoms with van der Waals surface area (Å²) in [7, 11) is 1.32. The van der Waals surface area contributed by atoms with Crippen LogP contribution in [0.15, 0.2) is 54.6 Å². The van der Waals surface area contributed by atoms with Gasteiger partial charge in [-0.2, -0.15) is 0 Å². The van der Waals surface area contributed by atoms with Crippen molar-refractivity contribution in [1.82, 2.24) is 5.32 Å². The van der Waals surface area contributed by atoms with E-state index in [-0.39, 0.29) is 11.5 Å². The van der Waals surface area contributed by atoms with Crippen molar-refractivity contribution < 1.29 is 23.1 Å². The first-order valence-electron chi connectivity index (χ1n) is 9.09. The number of fused-ring (bicyclic) bond motifs is 1. The van der Waals surface area contributed by atoms with Crippen molar-refractivity contribution in [2.45, 2.75) is 12.0 Å². The van der Waals surface area contributed by atoms with Gasteiger partial charge in [0.25, 0.3) is 0 Å². The van der Waals surface area contributed by atoms with Gasteiger partial charge in [0.2, 0.25) is 5.91 Å². The largest absolute Gasteiger partial charge is 0.465 e. The van der Waals surface area contributed by atoms with Crippen LogP contribution in [0.25, 0.3) is 11.1 Å². The Morgan fingerprint density at radius 3 is 2.48 bits per heavy atom. The Morgan fingerprint density at radius 2 is 1.72 bits per heavy atom. The number of halogens is 2. The lowest BCUT2D eigenvalue weighted by Gasteiger charge is -2.40. The van der Waals surface area contributed by atoms with Crippen molar-refractivity contribution in [2.75, 3.05) is 7.11 Å². The van der Waals surface area contributed by atoms with E-state index in [1.165, 1.54) is 19.2 Å². The third kappa shape index (κ3) is 2.56. The minimum Gasteiger partial charge on any atom is -0.465 e. The molecule has 144 valence electrons. The van der Waals surface area contributed by atoms with Gasteiger partial charge in [-0.25, -0.2) is 13.6 Å². The van der Waals surface area contributed by atoms with Gasteiger partial charge < -0.3 is 10.1 Å². The molecule has 0 radical (unpaired) electrons. The van der Waals surface area contributed by atoms with Crippen molar-refractivity contribution in [1.29, 1.82) is 0 Å². The summed E-state index contributed by atoms with van der Waals surface area (Å²) in [4.78, 5) is 24.6. The first kappa shape index (κ1) is 17.6. The first-order chi connectivity index (χ1) is 14.0. The second-order valence-corrected chi connectivity index (χ2v) is 7.18. The van der Waals surface area contributed by atoms with Gasteiger partial charge in [0, 0.05) is 11.6 Å². The number of carbonyl (C=O) groups excluding carboxylic acids is 2. The zero-order chi connectivity index (χ0) is 20.3. The number of carbonyl (C=O) groups is 2. The number of ether oxygens (including phenoxy) is 1. The van der Waals surface area contributed by atoms with Gasteiger partial charge >= 0.3 is 5.97 Å². The number of esters is 1. The fourth-order valence-corrected chi connectivity index (χ4v) is 4.31. The minimum absolute atomic E-state index is 0.141. The molecule has 1 amide bonds. The van der Waals surface area contributed by atoms with Gasteiger partial charge in [-0.15, -0.1) is 0 Å². The highest BCUT2D eigenvalue weighted by Gasteiger charge is 2.43. The molecular weight excluding hydrogens is 376 g/mol. The summed E-state index contributed by atoms with van der Waals surface area (Å²) >= 11 is 0. The van der Waals surface area contributed by atoms with E-state index in [4.69, 9.17) is 4.74 Å². The molecule has 0 spiro atoms. The monoisotopic (exact) mass is 391 g/mol. The second kappa shape index (κ2) is 6.24. The van der Waals surface area contributed by atoms with Gasteiger partial charge in [0.15, 0.2) is 0 Å². The zero-order valence-corrected chi connectivity index (χ0v) is 15.3. The number of rotatable bonds is 2. The lowest BCUT2D eigenvalue weighted by molar-refractivity contribution is -0.123. The molecule has 0 saturated heterocycles. The highest BCUT2D eigenvalue weighted by molar-refractivity contribution is 5.95. The number of methoxy groups -OCH3 is 1. The van der Waals surface area contributed by atoms with Crippen molar-refractivity contribution in [2.24, 2.45) is 0 Å². The minimum atomic E-state index is -0.654. The van der Waals surface area contributed by atoms with Gasteiger partial charge in [0.05, 0.1) is 24.6 Å². The molecule has 2 atom stereocenters. The Kier molecular flexibility index (Phi) is 3.77. The third-order valence-corrected chi connectivity index (χ3v) is 5.63. The van der Waals surface area contributed by atoms with Crippen LogP contribution in [-0.2, 0) is 9.53 Å². The van der Waals surface area contributed by atoms with E-state index >= 15 is 0 Å². The normalized spacial score (nSPS) is 18.7. The van der Waals surface area contributed by atoms with Crippen LogP contribution >= 0.6 is 0 Å². The Morgan fingerprint density at radius 1 is 0.931 bits per heavy atom. The van der Waals surface area contributed by atoms with Crippen molar-refractivity contribution in [3.8, 4) is 11.1 Å². The van der Waals surface area contributed by atoms with Gasteiger partial charge in [-0.05, 0) is 58.1 Å². The maximum Gasteiger partial charge on any atom is 0.337 e. The molecule has 6 heteroatoms. The molecule has 3 aliphatic rings. The third-order valence-electron chi connectivity index (χ3n) is 5.63. The standard InChI is InChI=1S/C23H15F2NO3/c1-29-23(28)12-3-5-15-18(9-12)21-16-6-2-11(8-17(16)20(15)22(27)26-21)14-7-4-13(24)10-19(14)25/h2-10,20-21H,1H3,(H,26,27). The number of hydrogen-bond donors (Lipinski definition) is 1. The van der Waals surface area contributed by atoms with E-state index in [0.29, 0.717) is 11.1 Å². The molecule has 4 nitrogen and oxygen atoms in total. The predicted molar refractivity (Wildman–Crippen MR) is 101 cm³/mol. The fraction of sp³-hybridized carbons (Fsp3) is 0.130. The summed E-state index contributed by atoms with van der Waals surface area (Å²) in [6.07, 6.45) is 0. The molecule has 2 aliphatic heterocycles. The second-order valence-electron chi connectivity index (χ2n) is 7.18. The summed E-state index contributed by atoms with van der Waals surface area (Å²) in [6.45, 7) is 0. The lowest BCUT2D eigenvalue weighted by atomic mass is 9.70. The molecule has 3 aromatic carbocycles. The van der Waals surface area contributed by atoms with Crippen molar-refractivity contribution in [3.05, 3.63) is 94.0 Å². The molecule has 2 unspecified atom stereocenters. The average Bonchev–Trinajstić information content (AvgIpc) is 2.72. The molecule has 2 bridgehead atoms. The Labute approximate surface area is 165 Å². The zero-order valence-electron chi connectivity index (χ0n) is 15.3. The van der Waals surface area contributed by atoms with Crippen LogP contribution < -0.4 is 5.32 Å². The molecule has 0 fully saturated rings. The van der Waals surface area contributed by atoms with E-state index in [0.717, 1.165) is 28.3 Å². The van der Waals surface area contributed by atoms with Crippen LogP contribution in [0, 0.1) is 11.6 Å². The summed E-state index contributed by atoms with van der Waals surface area (Å²) in [6, 6.07) is 13.6. The molecule has 1 N–H and O–H groups in total. The fourth-order valence-electron chi connectivity index (χ4n) is 4.31. The molecule has 2 heterocycles. The SMILES string of the molecule is COC(=O)c1ccc2c(c1)C1NC(=O)C2c2cc(-c3ccc(F)cc3F)ccc21. The Hall–Kier alpha value is -3.54. The van der Waals surface area contributed by atoms with Gasteiger partial charge in [-0.3, -0.25) is 4.79 Å². The van der Waals surface area contributed by atoms with E-state index < -0.39 is 29.6 Å². The lowest BCUT2D eigenvalue weighted by Crippen LogP contribution is -2.44. The van der Waals surface area contributed by atoms with Crippen molar-refractivity contribution >= 4 is 11.9 Å². The maximum atomic E-state index is 14.3. The topological polar surface area (TPSA) is 55.4 Å². The molecular formula is C23H15F2NO3.